The molecule has 0 spiro atoms. The number of amides is 2. The van der Waals surface area contributed by atoms with Crippen molar-refractivity contribution in [1.82, 2.24) is 15.5 Å². The molecule has 0 aliphatic carbocycles. The van der Waals surface area contributed by atoms with Crippen LogP contribution in [0.15, 0.2) is 30.0 Å². The van der Waals surface area contributed by atoms with Gasteiger partial charge in [0.15, 0.2) is 11.5 Å². The highest BCUT2D eigenvalue weighted by atomic mass is 16.6. The Bertz CT molecular complexity index is 908. The van der Waals surface area contributed by atoms with Crippen molar-refractivity contribution in [3.8, 4) is 17.6 Å². The van der Waals surface area contributed by atoms with E-state index in [4.69, 9.17) is 14.2 Å². The number of carbonyl (C=O) groups is 2. The molecule has 1 aromatic rings. The van der Waals surface area contributed by atoms with Crippen molar-refractivity contribution >= 4 is 12.0 Å². The van der Waals surface area contributed by atoms with Crippen molar-refractivity contribution in [2.24, 2.45) is 0 Å². The molecule has 2 N–H and O–H groups in total. The first-order valence-electron chi connectivity index (χ1n) is 10.9. The topological polar surface area (TPSA) is 113 Å². The molecule has 1 aromatic carbocycles. The number of nitrogens with one attached hydrogen (secondary N) is 2. The second kappa shape index (κ2) is 11.5. The largest absolute Gasteiger partial charge is 0.493 e. The highest BCUT2D eigenvalue weighted by Gasteiger charge is 2.26. The quantitative estimate of drug-likeness (QED) is 0.476. The second-order valence-electron chi connectivity index (χ2n) is 8.89. The van der Waals surface area contributed by atoms with E-state index in [9.17, 15) is 14.9 Å². The summed E-state index contributed by atoms with van der Waals surface area (Å²) in [6, 6.07) is 7.05. The number of hydrogen-bond donors (Lipinski definition) is 2. The van der Waals surface area contributed by atoms with E-state index in [1.807, 2.05) is 39.8 Å². The maximum Gasteiger partial charge on any atom is 0.410 e. The van der Waals surface area contributed by atoms with Gasteiger partial charge in [0.1, 0.15) is 17.2 Å². The molecule has 1 fully saturated rings. The van der Waals surface area contributed by atoms with Gasteiger partial charge in [-0.25, -0.2) is 4.79 Å². The molecular weight excluding hydrogens is 424 g/mol. The summed E-state index contributed by atoms with van der Waals surface area (Å²) in [6.45, 7) is 8.43. The molecule has 1 aliphatic heterocycles. The summed E-state index contributed by atoms with van der Waals surface area (Å²) < 4.78 is 15.9. The number of nitriles is 1. The zero-order valence-corrected chi connectivity index (χ0v) is 20.2. The van der Waals surface area contributed by atoms with Crippen LogP contribution in [0.4, 0.5) is 4.79 Å². The standard InChI is InChI=1S/C24H34N4O5/c1-16(17-7-8-20(31-5)21(13-17)32-6)27-22(29)18(14-25)15-26-19-9-11-28(12-10-19)23(30)33-24(2,3)4/h7-8,13,15-16,19,26H,9-12H2,1-6H3,(H,27,29)/b18-15-. The Morgan fingerprint density at radius 2 is 1.82 bits per heavy atom. The first kappa shape index (κ1) is 25.8. The fourth-order valence-electron chi connectivity index (χ4n) is 3.38. The fraction of sp³-hybridized carbons (Fsp3) is 0.542. The van der Waals surface area contributed by atoms with Crippen LogP contribution in [0, 0.1) is 11.3 Å². The Balaban J connectivity index is 1.91. The smallest absolute Gasteiger partial charge is 0.410 e. The Kier molecular flexibility index (Phi) is 8.97. The molecule has 2 rings (SSSR count). The third-order valence-corrected chi connectivity index (χ3v) is 5.23. The van der Waals surface area contributed by atoms with Crippen LogP contribution < -0.4 is 20.1 Å². The van der Waals surface area contributed by atoms with E-state index in [0.29, 0.717) is 37.4 Å². The van der Waals surface area contributed by atoms with E-state index in [0.717, 1.165) is 5.56 Å². The Hall–Kier alpha value is -3.41. The minimum atomic E-state index is -0.530. The summed E-state index contributed by atoms with van der Waals surface area (Å²) in [5.41, 5.74) is 0.274. The van der Waals surface area contributed by atoms with Gasteiger partial charge >= 0.3 is 6.09 Å². The van der Waals surface area contributed by atoms with Crippen molar-refractivity contribution in [1.29, 1.82) is 5.26 Å². The molecule has 2 amide bonds. The average Bonchev–Trinajstić information content (AvgIpc) is 2.78. The van der Waals surface area contributed by atoms with E-state index in [1.165, 1.54) is 6.20 Å². The molecule has 0 bridgehead atoms. The van der Waals surface area contributed by atoms with Crippen LogP contribution in [0.25, 0.3) is 0 Å². The van der Waals surface area contributed by atoms with Gasteiger partial charge in [-0.15, -0.1) is 0 Å². The van der Waals surface area contributed by atoms with Gasteiger partial charge in [-0.2, -0.15) is 5.26 Å². The Morgan fingerprint density at radius 3 is 2.36 bits per heavy atom. The number of ether oxygens (including phenoxy) is 3. The summed E-state index contributed by atoms with van der Waals surface area (Å²) in [4.78, 5) is 26.5. The van der Waals surface area contributed by atoms with E-state index >= 15 is 0 Å². The van der Waals surface area contributed by atoms with Gasteiger partial charge < -0.3 is 29.7 Å². The lowest BCUT2D eigenvalue weighted by atomic mass is 10.1. The Morgan fingerprint density at radius 1 is 1.18 bits per heavy atom. The summed E-state index contributed by atoms with van der Waals surface area (Å²) >= 11 is 0. The number of rotatable bonds is 7. The van der Waals surface area contributed by atoms with E-state index in [-0.39, 0.29) is 23.8 Å². The fourth-order valence-corrected chi connectivity index (χ4v) is 3.38. The van der Waals surface area contributed by atoms with E-state index in [1.54, 1.807) is 31.3 Å². The summed E-state index contributed by atoms with van der Waals surface area (Å²) in [6.07, 6.45) is 2.51. The molecule has 1 aliphatic rings. The number of likely N-dealkylation sites (tertiary alicyclic amines) is 1. The lowest BCUT2D eigenvalue weighted by Gasteiger charge is -2.33. The lowest BCUT2D eigenvalue weighted by Crippen LogP contribution is -2.45. The van der Waals surface area contributed by atoms with Crippen LogP contribution in [-0.2, 0) is 9.53 Å². The van der Waals surface area contributed by atoms with Crippen molar-refractivity contribution in [2.75, 3.05) is 27.3 Å². The van der Waals surface area contributed by atoms with Crippen LogP contribution in [0.2, 0.25) is 0 Å². The predicted molar refractivity (Wildman–Crippen MR) is 124 cm³/mol. The average molecular weight is 459 g/mol. The molecular formula is C24H34N4O5. The van der Waals surface area contributed by atoms with Gasteiger partial charge in [-0.3, -0.25) is 4.79 Å². The molecule has 33 heavy (non-hydrogen) atoms. The maximum absolute atomic E-state index is 12.6. The first-order chi connectivity index (χ1) is 15.6. The minimum Gasteiger partial charge on any atom is -0.493 e. The first-order valence-corrected chi connectivity index (χ1v) is 10.9. The predicted octanol–water partition coefficient (Wildman–Crippen LogP) is 3.28. The summed E-state index contributed by atoms with van der Waals surface area (Å²) in [5, 5.41) is 15.4. The van der Waals surface area contributed by atoms with Crippen molar-refractivity contribution in [3.05, 3.63) is 35.5 Å². The van der Waals surface area contributed by atoms with Crippen molar-refractivity contribution in [3.63, 3.8) is 0 Å². The van der Waals surface area contributed by atoms with E-state index in [2.05, 4.69) is 10.6 Å². The molecule has 180 valence electrons. The number of carbonyl (C=O) groups excluding carboxylic acids is 2. The third kappa shape index (κ3) is 7.59. The zero-order valence-electron chi connectivity index (χ0n) is 20.2. The number of nitrogens with zero attached hydrogens (tertiary/aromatic N) is 2. The molecule has 1 atom stereocenters. The third-order valence-electron chi connectivity index (χ3n) is 5.23. The highest BCUT2D eigenvalue weighted by Crippen LogP contribution is 2.30. The lowest BCUT2D eigenvalue weighted by molar-refractivity contribution is -0.117. The molecule has 9 heteroatoms. The van der Waals surface area contributed by atoms with Gasteiger partial charge in [-0.1, -0.05) is 6.07 Å². The molecule has 0 saturated carbocycles. The number of benzene rings is 1. The maximum atomic E-state index is 12.6. The number of piperidine rings is 1. The van der Waals surface area contributed by atoms with Gasteiger partial charge in [0.05, 0.1) is 20.3 Å². The van der Waals surface area contributed by atoms with Crippen molar-refractivity contribution in [2.45, 2.75) is 58.2 Å². The Labute approximate surface area is 195 Å². The number of methoxy groups -OCH3 is 2. The van der Waals surface area contributed by atoms with Crippen LogP contribution in [-0.4, -0.2) is 55.9 Å². The SMILES string of the molecule is COc1ccc(C(C)NC(=O)/C(C#N)=C\NC2CCN(C(=O)OC(C)(C)C)CC2)cc1OC. The van der Waals surface area contributed by atoms with Crippen LogP contribution in [0.3, 0.4) is 0 Å². The minimum absolute atomic E-state index is 0.0168. The van der Waals surface area contributed by atoms with E-state index < -0.39 is 11.5 Å². The normalized spacial score (nSPS) is 15.8. The number of hydrogen-bond acceptors (Lipinski definition) is 7. The summed E-state index contributed by atoms with van der Waals surface area (Å²) in [7, 11) is 3.10. The second-order valence-corrected chi connectivity index (χ2v) is 8.89. The molecule has 1 heterocycles. The summed E-state index contributed by atoms with van der Waals surface area (Å²) in [5.74, 6) is 0.685. The van der Waals surface area contributed by atoms with Crippen molar-refractivity contribution < 1.29 is 23.8 Å². The van der Waals surface area contributed by atoms with Gasteiger partial charge in [0.2, 0.25) is 0 Å². The molecule has 1 unspecified atom stereocenters. The zero-order chi connectivity index (χ0) is 24.6. The molecule has 0 aromatic heterocycles. The molecule has 1 saturated heterocycles. The van der Waals surface area contributed by atoms with Gasteiger partial charge in [0, 0.05) is 25.3 Å². The van der Waals surface area contributed by atoms with Crippen LogP contribution >= 0.6 is 0 Å². The van der Waals surface area contributed by atoms with Gasteiger partial charge in [-0.05, 0) is 58.2 Å². The highest BCUT2D eigenvalue weighted by molar-refractivity contribution is 5.97. The van der Waals surface area contributed by atoms with Crippen LogP contribution in [0.5, 0.6) is 11.5 Å². The van der Waals surface area contributed by atoms with Gasteiger partial charge in [0.25, 0.3) is 5.91 Å². The molecule has 9 nitrogen and oxygen atoms in total. The van der Waals surface area contributed by atoms with Crippen LogP contribution in [0.1, 0.15) is 52.1 Å². The molecule has 0 radical (unpaired) electrons. The monoisotopic (exact) mass is 458 g/mol.